The molecule has 1 saturated heterocycles. The molecule has 0 radical (unpaired) electrons. The lowest BCUT2D eigenvalue weighted by Crippen LogP contribution is -2.50. The maximum Gasteiger partial charge on any atom is 0.272 e. The number of benzene rings is 1. The van der Waals surface area contributed by atoms with Crippen molar-refractivity contribution in [2.24, 2.45) is 5.73 Å². The lowest BCUT2D eigenvalue weighted by molar-refractivity contribution is -0.133. The van der Waals surface area contributed by atoms with Gasteiger partial charge in [0, 0.05) is 36.3 Å². The molecule has 0 saturated carbocycles. The van der Waals surface area contributed by atoms with Crippen LogP contribution in [0, 0.1) is 0 Å². The molecule has 31 heavy (non-hydrogen) atoms. The molecule has 1 aromatic carbocycles. The number of hydrogen-bond acceptors (Lipinski definition) is 4. The summed E-state index contributed by atoms with van der Waals surface area (Å²) < 4.78 is 1.86. The highest BCUT2D eigenvalue weighted by atomic mass is 35.5. The Bertz CT molecular complexity index is 934. The molecule has 7 nitrogen and oxygen atoms in total. The summed E-state index contributed by atoms with van der Waals surface area (Å²) in [5.74, 6) is -0.136. The largest absolute Gasteiger partial charge is 0.341 e. The van der Waals surface area contributed by atoms with E-state index in [1.165, 1.54) is 0 Å². The van der Waals surface area contributed by atoms with Gasteiger partial charge in [-0.3, -0.25) is 14.3 Å². The van der Waals surface area contributed by atoms with E-state index in [9.17, 15) is 9.59 Å². The zero-order valence-electron chi connectivity index (χ0n) is 18.0. The van der Waals surface area contributed by atoms with Crippen LogP contribution < -0.4 is 5.73 Å². The zero-order chi connectivity index (χ0) is 22.0. The number of carbonyl (C=O) groups is 2. The van der Waals surface area contributed by atoms with Crippen molar-refractivity contribution < 1.29 is 9.59 Å². The minimum absolute atomic E-state index is 0.000353. The van der Waals surface area contributed by atoms with E-state index < -0.39 is 0 Å². The van der Waals surface area contributed by atoms with Crippen molar-refractivity contribution in [3.8, 4) is 11.3 Å². The molecule has 0 bridgehead atoms. The Labute approximate surface area is 188 Å². The Morgan fingerprint density at radius 3 is 2.61 bits per heavy atom. The van der Waals surface area contributed by atoms with Crippen molar-refractivity contribution in [3.63, 3.8) is 0 Å². The second-order valence-corrected chi connectivity index (χ2v) is 9.00. The summed E-state index contributed by atoms with van der Waals surface area (Å²) in [6.07, 6.45) is 4.66. The van der Waals surface area contributed by atoms with Gasteiger partial charge in [-0.2, -0.15) is 5.10 Å². The van der Waals surface area contributed by atoms with Crippen molar-refractivity contribution >= 4 is 23.4 Å². The van der Waals surface area contributed by atoms with Gasteiger partial charge in [-0.1, -0.05) is 43.5 Å². The van der Waals surface area contributed by atoms with Crippen LogP contribution in [0.1, 0.15) is 55.6 Å². The van der Waals surface area contributed by atoms with Crippen molar-refractivity contribution in [2.45, 2.75) is 51.1 Å². The van der Waals surface area contributed by atoms with Gasteiger partial charge in [0.1, 0.15) is 12.2 Å². The molecule has 0 spiro atoms. The van der Waals surface area contributed by atoms with Crippen LogP contribution in [0.2, 0.25) is 5.02 Å². The van der Waals surface area contributed by atoms with E-state index >= 15 is 0 Å². The first kappa shape index (κ1) is 21.8. The molecule has 2 N–H and O–H groups in total. The summed E-state index contributed by atoms with van der Waals surface area (Å²) in [6.45, 7) is 4.10. The van der Waals surface area contributed by atoms with Crippen molar-refractivity contribution in [2.75, 3.05) is 26.2 Å². The number of carbonyl (C=O) groups excluding carboxylic acids is 2. The van der Waals surface area contributed by atoms with Crippen LogP contribution in [0.4, 0.5) is 0 Å². The van der Waals surface area contributed by atoms with Crippen LogP contribution >= 0.6 is 11.6 Å². The highest BCUT2D eigenvalue weighted by Crippen LogP contribution is 2.29. The smallest absolute Gasteiger partial charge is 0.272 e. The number of hydrogen-bond donors (Lipinski definition) is 1. The fourth-order valence-corrected chi connectivity index (χ4v) is 4.50. The number of amides is 2. The molecular formula is C23H30ClN5O2. The highest BCUT2D eigenvalue weighted by molar-refractivity contribution is 6.30. The Balaban J connectivity index is 1.56. The zero-order valence-corrected chi connectivity index (χ0v) is 18.7. The Morgan fingerprint density at radius 2 is 1.94 bits per heavy atom. The number of fused-ring (bicyclic) bond motifs is 1. The molecule has 1 atom stereocenters. The van der Waals surface area contributed by atoms with Gasteiger partial charge >= 0.3 is 0 Å². The molecule has 1 unspecified atom stereocenters. The van der Waals surface area contributed by atoms with Gasteiger partial charge in [-0.15, -0.1) is 0 Å². The lowest BCUT2D eigenvalue weighted by Gasteiger charge is -2.36. The van der Waals surface area contributed by atoms with Gasteiger partial charge in [0.15, 0.2) is 0 Å². The Morgan fingerprint density at radius 1 is 1.23 bits per heavy atom. The van der Waals surface area contributed by atoms with Crippen molar-refractivity contribution in [1.82, 2.24) is 19.6 Å². The van der Waals surface area contributed by atoms with Crippen molar-refractivity contribution in [1.29, 1.82) is 0 Å². The average molecular weight is 444 g/mol. The fourth-order valence-electron chi connectivity index (χ4n) is 4.37. The number of nitrogens with zero attached hydrogens (tertiary/aromatic N) is 4. The highest BCUT2D eigenvalue weighted by Gasteiger charge is 2.35. The first-order chi connectivity index (χ1) is 15.0. The standard InChI is InChI=1S/C23H30ClN5O2/c1-2-3-4-19-14-28(15-22(30)27-11-9-18(25)10-12-27)23(31)21-13-20(26-29(19)21)16-5-7-17(24)8-6-16/h5-8,13,18-19H,2-4,9-12,14-15,25H2,1H3. The van der Waals surface area contributed by atoms with Gasteiger partial charge < -0.3 is 15.5 Å². The van der Waals surface area contributed by atoms with E-state index in [-0.39, 0.29) is 30.4 Å². The lowest BCUT2D eigenvalue weighted by atomic mass is 10.0. The maximum atomic E-state index is 13.3. The molecule has 3 heterocycles. The number of aromatic nitrogens is 2. The Hall–Kier alpha value is -2.38. The van der Waals surface area contributed by atoms with E-state index in [0.29, 0.717) is 30.4 Å². The van der Waals surface area contributed by atoms with Crippen LogP contribution in [-0.4, -0.2) is 63.6 Å². The second-order valence-electron chi connectivity index (χ2n) is 8.57. The predicted octanol–water partition coefficient (Wildman–Crippen LogP) is 3.34. The first-order valence-electron chi connectivity index (χ1n) is 11.1. The van der Waals surface area contributed by atoms with E-state index in [0.717, 1.165) is 43.4 Å². The SMILES string of the molecule is CCCCC1CN(CC(=O)N2CCC(N)CC2)C(=O)c2cc(-c3ccc(Cl)cc3)nn21. The molecule has 2 aliphatic heterocycles. The normalized spacial score (nSPS) is 19.6. The van der Waals surface area contributed by atoms with Crippen LogP contribution in [0.3, 0.4) is 0 Å². The number of rotatable bonds is 6. The monoisotopic (exact) mass is 443 g/mol. The van der Waals surface area contributed by atoms with E-state index in [2.05, 4.69) is 6.92 Å². The maximum absolute atomic E-state index is 13.3. The third kappa shape index (κ3) is 4.77. The quantitative estimate of drug-likeness (QED) is 0.742. The predicted molar refractivity (Wildman–Crippen MR) is 121 cm³/mol. The number of nitrogens with two attached hydrogens (primary N) is 1. The molecule has 0 aliphatic carbocycles. The average Bonchev–Trinajstić information content (AvgIpc) is 3.22. The van der Waals surface area contributed by atoms with Gasteiger partial charge in [0.05, 0.1) is 11.7 Å². The fraction of sp³-hybridized carbons (Fsp3) is 0.522. The van der Waals surface area contributed by atoms with Gasteiger partial charge in [0.2, 0.25) is 5.91 Å². The van der Waals surface area contributed by atoms with Gasteiger partial charge in [0.25, 0.3) is 5.91 Å². The molecule has 1 fully saturated rings. The summed E-state index contributed by atoms with van der Waals surface area (Å²) in [4.78, 5) is 29.7. The summed E-state index contributed by atoms with van der Waals surface area (Å²) in [7, 11) is 0. The van der Waals surface area contributed by atoms with Crippen molar-refractivity contribution in [3.05, 3.63) is 41.0 Å². The van der Waals surface area contributed by atoms with E-state index in [4.69, 9.17) is 22.4 Å². The molecule has 2 aliphatic rings. The topological polar surface area (TPSA) is 84.5 Å². The summed E-state index contributed by atoms with van der Waals surface area (Å²) in [6, 6.07) is 9.52. The number of piperidine rings is 1. The molecule has 2 aromatic rings. The minimum Gasteiger partial charge on any atom is -0.341 e. The van der Waals surface area contributed by atoms with E-state index in [1.807, 2.05) is 39.9 Å². The van der Waals surface area contributed by atoms with Crippen LogP contribution in [0.25, 0.3) is 11.3 Å². The van der Waals surface area contributed by atoms with E-state index in [1.54, 1.807) is 4.90 Å². The number of halogens is 1. The summed E-state index contributed by atoms with van der Waals surface area (Å²) >= 11 is 6.01. The molecular weight excluding hydrogens is 414 g/mol. The first-order valence-corrected chi connectivity index (χ1v) is 11.5. The second kappa shape index (κ2) is 9.40. The van der Waals surface area contributed by atoms with Crippen LogP contribution in [0.5, 0.6) is 0 Å². The van der Waals surface area contributed by atoms with Crippen LogP contribution in [0.15, 0.2) is 30.3 Å². The van der Waals surface area contributed by atoms with Gasteiger partial charge in [-0.05, 0) is 37.5 Å². The summed E-state index contributed by atoms with van der Waals surface area (Å²) in [5, 5.41) is 5.42. The molecule has 4 rings (SSSR count). The number of likely N-dealkylation sites (tertiary alicyclic amines) is 1. The summed E-state index contributed by atoms with van der Waals surface area (Å²) in [5.41, 5.74) is 8.17. The van der Waals surface area contributed by atoms with Crippen LogP contribution in [-0.2, 0) is 4.79 Å². The third-order valence-corrected chi connectivity index (χ3v) is 6.52. The minimum atomic E-state index is -0.137. The molecule has 8 heteroatoms. The molecule has 166 valence electrons. The van der Waals surface area contributed by atoms with Gasteiger partial charge in [-0.25, -0.2) is 0 Å². The Kier molecular flexibility index (Phi) is 6.62. The number of unbranched alkanes of at least 4 members (excludes halogenated alkanes) is 1. The molecule has 1 aromatic heterocycles. The molecule has 2 amide bonds. The third-order valence-electron chi connectivity index (χ3n) is 6.27.